The van der Waals surface area contributed by atoms with Crippen LogP contribution < -0.4 is 41.5 Å². The molecule has 2 aromatic heterocycles. The van der Waals surface area contributed by atoms with Crippen LogP contribution in [0, 0.1) is 0 Å². The van der Waals surface area contributed by atoms with Crippen molar-refractivity contribution < 1.29 is 6.85 Å². The van der Waals surface area contributed by atoms with E-state index in [1.54, 1.807) is 0 Å². The highest BCUT2D eigenvalue weighted by Gasteiger charge is 2.56. The molecule has 1 aliphatic rings. The lowest BCUT2D eigenvalue weighted by Gasteiger charge is -2.48. The molecule has 2 nitrogen and oxygen atoms in total. The van der Waals surface area contributed by atoms with Crippen LogP contribution in [0.3, 0.4) is 0 Å². The first-order valence-electron chi connectivity index (χ1n) is 33.1. The summed E-state index contributed by atoms with van der Waals surface area (Å²) in [4.78, 5) is 0. The molecular formula is C84H66N2Si2. The number of rotatable bonds is 11. The van der Waals surface area contributed by atoms with Gasteiger partial charge < -0.3 is 9.13 Å². The van der Waals surface area contributed by atoms with Gasteiger partial charge in [-0.05, 0) is 142 Å². The quantitative estimate of drug-likeness (QED) is 0.114. The molecule has 0 fully saturated rings. The van der Waals surface area contributed by atoms with Crippen molar-refractivity contribution in [3.63, 3.8) is 0 Å². The predicted octanol–water partition coefficient (Wildman–Crippen LogP) is 15.3. The molecule has 0 atom stereocenters. The molecule has 0 amide bonds. The highest BCUT2D eigenvalue weighted by Crippen LogP contribution is 2.43. The molecule has 3 heterocycles. The van der Waals surface area contributed by atoms with Crippen LogP contribution in [0.25, 0.3) is 66.1 Å². The van der Waals surface area contributed by atoms with Crippen LogP contribution in [-0.4, -0.2) is 25.3 Å². The molecule has 13 aromatic carbocycles. The van der Waals surface area contributed by atoms with Crippen molar-refractivity contribution in [1.82, 2.24) is 9.13 Å². The number of aromatic nitrogens is 2. The highest BCUT2D eigenvalue weighted by molar-refractivity contribution is 7.32. The molecule has 16 rings (SSSR count). The van der Waals surface area contributed by atoms with Crippen molar-refractivity contribution in [2.45, 2.75) is 38.5 Å². The van der Waals surface area contributed by atoms with Gasteiger partial charge >= 0.3 is 0 Å². The van der Waals surface area contributed by atoms with Gasteiger partial charge in [-0.25, -0.2) is 0 Å². The minimum absolute atomic E-state index is 0.172. The minimum Gasteiger partial charge on any atom is -0.309 e. The Morgan fingerprint density at radius 1 is 0.273 bits per heavy atom. The minimum atomic E-state index is -3.12. The van der Waals surface area contributed by atoms with Gasteiger partial charge in [0.25, 0.3) is 0 Å². The summed E-state index contributed by atoms with van der Waals surface area (Å²) in [6, 6.07) is 109. The van der Waals surface area contributed by atoms with E-state index in [-0.39, 0.29) is 40.6 Å². The second-order valence-electron chi connectivity index (χ2n) is 24.8. The summed E-state index contributed by atoms with van der Waals surface area (Å²) < 4.78 is 49.1. The van der Waals surface area contributed by atoms with Gasteiger partial charge in [-0.3, -0.25) is 0 Å². The van der Waals surface area contributed by atoms with E-state index in [2.05, 4.69) is 322 Å². The van der Waals surface area contributed by atoms with Crippen LogP contribution in [0.5, 0.6) is 0 Å². The van der Waals surface area contributed by atoms with Crippen LogP contribution in [-0.2, 0) is 10.8 Å². The van der Waals surface area contributed by atoms with Crippen molar-refractivity contribution in [2.75, 3.05) is 0 Å². The second kappa shape index (κ2) is 20.8. The van der Waals surface area contributed by atoms with Gasteiger partial charge in [-0.1, -0.05) is 288 Å². The van der Waals surface area contributed by atoms with Crippen LogP contribution >= 0.6 is 0 Å². The molecule has 420 valence electrons. The molecule has 15 aromatic rings. The maximum atomic E-state index is 9.18. The summed E-state index contributed by atoms with van der Waals surface area (Å²) in [5.41, 5.74) is 11.1. The molecule has 0 N–H and O–H groups in total. The molecular weight excluding hydrogens is 1090 g/mol. The fraction of sp³-hybridized carbons (Fsp3) is 0.0714. The fourth-order valence-corrected chi connectivity index (χ4v) is 27.2. The third-order valence-electron chi connectivity index (χ3n) is 19.6. The standard InChI is InChI=1S/C84H66N2Si2/c1-83(2,61-29-13-6-14-30-61)63-44-52-76-72(56-63)73-57-64(84(3,4)62-31-15-7-16-32-62)45-53-77(73)86(76)66-48-54-78-74(58-66)71-55-60(59-27-11-5-12-28-59)43-51-75(71)85(78)65-46-49-70(50-47-65)88(69-37-21-10-22-38-69)81-41-25-23-39-79(81)87(67-33-17-8-18-34-67,68-35-19-9-20-36-68)80-40-24-26-42-82(80)88/h5-58H,1-4H3/i5D,11D,12D,27D,28D. The van der Waals surface area contributed by atoms with Crippen molar-refractivity contribution in [3.8, 4) is 22.5 Å². The molecule has 0 saturated carbocycles. The lowest BCUT2D eigenvalue weighted by Crippen LogP contribution is -2.93. The zero-order valence-corrected chi connectivity index (χ0v) is 51.7. The van der Waals surface area contributed by atoms with Crippen molar-refractivity contribution in [1.29, 1.82) is 0 Å². The Kier molecular flexibility index (Phi) is 11.4. The lowest BCUT2D eigenvalue weighted by atomic mass is 9.77. The van der Waals surface area contributed by atoms with E-state index in [9.17, 15) is 2.74 Å². The monoisotopic (exact) mass is 1160 g/mol. The van der Waals surface area contributed by atoms with Gasteiger partial charge in [-0.15, -0.1) is 0 Å². The van der Waals surface area contributed by atoms with Crippen molar-refractivity contribution in [2.24, 2.45) is 0 Å². The zero-order chi connectivity index (χ0) is 63.5. The van der Waals surface area contributed by atoms with Gasteiger partial charge in [0.1, 0.15) is 0 Å². The lowest BCUT2D eigenvalue weighted by molar-refractivity contribution is 0.641. The average Bonchev–Trinajstić information content (AvgIpc) is 1.40. The Bertz CT molecular complexity index is 5210. The molecule has 0 bridgehead atoms. The van der Waals surface area contributed by atoms with E-state index in [0.29, 0.717) is 5.56 Å². The van der Waals surface area contributed by atoms with Gasteiger partial charge in [-0.2, -0.15) is 0 Å². The Balaban J connectivity index is 0.927. The normalized spacial score (nSPS) is 14.4. The van der Waals surface area contributed by atoms with E-state index in [0.717, 1.165) is 55.0 Å². The molecule has 0 unspecified atom stereocenters. The molecule has 88 heavy (non-hydrogen) atoms. The Labute approximate surface area is 525 Å². The van der Waals surface area contributed by atoms with E-state index >= 15 is 0 Å². The summed E-state index contributed by atoms with van der Waals surface area (Å²) in [5, 5.41) is 15.2. The Hall–Kier alpha value is -10.1. The fourth-order valence-electron chi connectivity index (χ4n) is 15.2. The maximum Gasteiger partial charge on any atom is 0.179 e. The number of hydrogen-bond acceptors (Lipinski definition) is 0. The summed E-state index contributed by atoms with van der Waals surface area (Å²) >= 11 is 0. The zero-order valence-electron chi connectivity index (χ0n) is 54.7. The summed E-state index contributed by atoms with van der Waals surface area (Å²) in [6.45, 7) is 9.24. The number of nitrogens with zero attached hydrogens (tertiary/aromatic N) is 2. The molecule has 1 aliphatic heterocycles. The first-order chi connectivity index (χ1) is 45.2. The third kappa shape index (κ3) is 8.05. The maximum absolute atomic E-state index is 9.18. The van der Waals surface area contributed by atoms with Crippen molar-refractivity contribution in [3.05, 3.63) is 350 Å². The first kappa shape index (κ1) is 48.1. The molecule has 0 spiro atoms. The molecule has 0 saturated heterocycles. The van der Waals surface area contributed by atoms with Crippen molar-refractivity contribution >= 4 is 101 Å². The van der Waals surface area contributed by atoms with Crippen LogP contribution in [0.15, 0.2) is 327 Å². The second-order valence-corrected chi connectivity index (χ2v) is 32.3. The Morgan fingerprint density at radius 3 is 1.03 bits per heavy atom. The third-order valence-corrected chi connectivity index (χ3v) is 29.9. The Morgan fingerprint density at radius 2 is 0.602 bits per heavy atom. The van der Waals surface area contributed by atoms with Gasteiger partial charge in [0, 0.05) is 43.7 Å². The summed E-state index contributed by atoms with van der Waals surface area (Å²) in [7, 11) is -6.04. The number of hydrogen-bond donors (Lipinski definition) is 0. The SMILES string of the molecule is [2H]c1c([2H])c([2H])c(-c2ccc3c(c2)c2cc(-n4c5ccc(C(C)(C)c6ccccc6)cc5c5cc(C(C)(C)c6ccccc6)ccc54)ccc2n3-c2ccc([Si]3(c4ccccc4)c4ccccc4[Si](c4ccccc4)(c4ccccc4)c4ccccc43)cc2)c([2H])c1[2H]. The predicted molar refractivity (Wildman–Crippen MR) is 378 cm³/mol. The number of fused-ring (bicyclic) bond motifs is 8. The van der Waals surface area contributed by atoms with Crippen LogP contribution in [0.2, 0.25) is 0 Å². The van der Waals surface area contributed by atoms with E-state index < -0.39 is 22.2 Å². The molecule has 0 radical (unpaired) electrons. The smallest absolute Gasteiger partial charge is 0.179 e. The largest absolute Gasteiger partial charge is 0.309 e. The van der Waals surface area contributed by atoms with Crippen LogP contribution in [0.4, 0.5) is 0 Å². The average molecular weight is 1160 g/mol. The topological polar surface area (TPSA) is 9.86 Å². The summed E-state index contributed by atoms with van der Waals surface area (Å²) in [5.74, 6) is 0. The molecule has 4 heteroatoms. The van der Waals surface area contributed by atoms with E-state index in [1.807, 2.05) is 12.1 Å². The molecule has 0 aliphatic carbocycles. The van der Waals surface area contributed by atoms with Crippen LogP contribution in [0.1, 0.15) is 56.8 Å². The van der Waals surface area contributed by atoms with Gasteiger partial charge in [0.15, 0.2) is 16.1 Å². The first-order valence-corrected chi connectivity index (χ1v) is 34.6. The highest BCUT2D eigenvalue weighted by atomic mass is 28.3. The van der Waals surface area contributed by atoms with Gasteiger partial charge in [0.05, 0.1) is 28.9 Å². The number of benzene rings is 13. The van der Waals surface area contributed by atoms with Gasteiger partial charge in [0.2, 0.25) is 0 Å². The summed E-state index contributed by atoms with van der Waals surface area (Å²) in [6.07, 6.45) is 0. The van der Waals surface area contributed by atoms with E-state index in [1.165, 1.54) is 63.7 Å². The van der Waals surface area contributed by atoms with E-state index in [4.69, 9.17) is 4.11 Å².